The van der Waals surface area contributed by atoms with Crippen molar-refractivity contribution in [2.24, 2.45) is 23.7 Å². The molecule has 1 aromatic carbocycles. The summed E-state index contributed by atoms with van der Waals surface area (Å²) in [5, 5.41) is 2.97. The maximum absolute atomic E-state index is 13.0. The number of aldehydes is 1. The Labute approximate surface area is 181 Å². The van der Waals surface area contributed by atoms with Gasteiger partial charge in [-0.25, -0.2) is 0 Å². The highest BCUT2D eigenvalue weighted by molar-refractivity contribution is 5.91. The van der Waals surface area contributed by atoms with Gasteiger partial charge in [0.1, 0.15) is 12.0 Å². The Bertz CT molecular complexity index is 698. The summed E-state index contributed by atoms with van der Waals surface area (Å²) in [6.45, 7) is 8.70. The van der Waals surface area contributed by atoms with Gasteiger partial charge in [-0.2, -0.15) is 0 Å². The molecule has 0 aromatic heterocycles. The van der Waals surface area contributed by atoms with Gasteiger partial charge in [0.15, 0.2) is 5.78 Å². The first-order valence-corrected chi connectivity index (χ1v) is 11.3. The number of amides is 1. The molecule has 5 nitrogen and oxygen atoms in total. The number of ketones is 1. The van der Waals surface area contributed by atoms with Crippen LogP contribution in [0.4, 0.5) is 0 Å². The minimum Gasteiger partial charge on any atom is -0.494 e. The van der Waals surface area contributed by atoms with Crippen LogP contribution in [-0.2, 0) is 20.8 Å². The van der Waals surface area contributed by atoms with Gasteiger partial charge in [0.05, 0.1) is 12.6 Å². The molecule has 0 fully saturated rings. The van der Waals surface area contributed by atoms with Crippen molar-refractivity contribution in [3.05, 3.63) is 29.8 Å². The van der Waals surface area contributed by atoms with E-state index in [1.54, 1.807) is 0 Å². The zero-order chi connectivity index (χ0) is 22.1. The maximum Gasteiger partial charge on any atom is 0.223 e. The van der Waals surface area contributed by atoms with E-state index in [2.05, 4.69) is 12.2 Å². The molecule has 2 heterocycles. The van der Waals surface area contributed by atoms with Gasteiger partial charge >= 0.3 is 0 Å². The molecule has 0 saturated heterocycles. The molecule has 1 amide bonds. The summed E-state index contributed by atoms with van der Waals surface area (Å²) in [4.78, 5) is 37.4. The lowest BCUT2D eigenvalue weighted by Crippen LogP contribution is -2.45. The van der Waals surface area contributed by atoms with Crippen LogP contribution in [0, 0.1) is 23.7 Å². The Morgan fingerprint density at radius 1 is 1.13 bits per heavy atom. The molecule has 1 unspecified atom stereocenters. The van der Waals surface area contributed by atoms with Crippen LogP contribution in [0.25, 0.3) is 0 Å². The number of hydrogen-bond donors (Lipinski definition) is 1. The highest BCUT2D eigenvalue weighted by Crippen LogP contribution is 2.22. The summed E-state index contributed by atoms with van der Waals surface area (Å²) in [5.41, 5.74) is 1.06. The number of nitrogens with one attached hydrogen (secondary N) is 1. The molecule has 2 aliphatic rings. The number of rotatable bonds is 3. The van der Waals surface area contributed by atoms with Gasteiger partial charge in [-0.1, -0.05) is 39.8 Å². The Morgan fingerprint density at radius 2 is 1.83 bits per heavy atom. The lowest BCUT2D eigenvalue weighted by molar-refractivity contribution is -0.131. The summed E-state index contributed by atoms with van der Waals surface area (Å²) in [6.07, 6.45) is 4.82. The van der Waals surface area contributed by atoms with Gasteiger partial charge in [0, 0.05) is 18.3 Å². The van der Waals surface area contributed by atoms with E-state index in [0.29, 0.717) is 31.8 Å². The highest BCUT2D eigenvalue weighted by Gasteiger charge is 2.27. The molecule has 0 spiro atoms. The highest BCUT2D eigenvalue weighted by atomic mass is 16.5. The zero-order valence-electron chi connectivity index (χ0n) is 18.9. The molecule has 0 saturated carbocycles. The first-order valence-electron chi connectivity index (χ1n) is 11.3. The Hall–Kier alpha value is -2.17. The molecule has 2 aliphatic heterocycles. The van der Waals surface area contributed by atoms with Crippen LogP contribution in [0.5, 0.6) is 5.75 Å². The van der Waals surface area contributed by atoms with Crippen LogP contribution in [-0.4, -0.2) is 30.6 Å². The zero-order valence-corrected chi connectivity index (χ0v) is 18.9. The molecule has 1 N–H and O–H groups in total. The Morgan fingerprint density at radius 3 is 2.47 bits per heavy atom. The number of benzene rings is 1. The van der Waals surface area contributed by atoms with E-state index in [-0.39, 0.29) is 35.9 Å². The SMILES string of the molecule is CC(C)C[C@@H]1NC(=O)[C@@H](C)Cc2ccc(cc2)OCCCC(C)C[C@@H](C=O)CC1=O. The van der Waals surface area contributed by atoms with E-state index in [9.17, 15) is 14.4 Å². The molecule has 3 rings (SSSR count). The fourth-order valence-corrected chi connectivity index (χ4v) is 4.07. The summed E-state index contributed by atoms with van der Waals surface area (Å²) in [7, 11) is 0. The number of hydrogen-bond acceptors (Lipinski definition) is 4. The largest absolute Gasteiger partial charge is 0.494 e. The number of carbonyl (C=O) groups is 3. The predicted molar refractivity (Wildman–Crippen MR) is 118 cm³/mol. The second kappa shape index (κ2) is 11.9. The van der Waals surface area contributed by atoms with E-state index in [0.717, 1.165) is 30.4 Å². The summed E-state index contributed by atoms with van der Waals surface area (Å²) in [5.74, 6) is 0.722. The van der Waals surface area contributed by atoms with E-state index in [1.807, 2.05) is 45.0 Å². The van der Waals surface area contributed by atoms with E-state index < -0.39 is 6.04 Å². The van der Waals surface area contributed by atoms with Crippen LogP contribution in [0.1, 0.15) is 65.4 Å². The fraction of sp³-hybridized carbons (Fsp3) is 0.640. The predicted octanol–water partition coefficient (Wildman–Crippen LogP) is 4.37. The molecule has 5 heteroatoms. The molecular weight excluding hydrogens is 378 g/mol. The fourth-order valence-electron chi connectivity index (χ4n) is 4.07. The Kier molecular flexibility index (Phi) is 9.54. The van der Waals surface area contributed by atoms with Crippen molar-refractivity contribution in [1.82, 2.24) is 5.32 Å². The lowest BCUT2D eigenvalue weighted by Gasteiger charge is -2.24. The summed E-state index contributed by atoms with van der Waals surface area (Å²) >= 11 is 0. The van der Waals surface area contributed by atoms with Crippen LogP contribution >= 0.6 is 0 Å². The third kappa shape index (κ3) is 7.92. The van der Waals surface area contributed by atoms with Crippen molar-refractivity contribution in [3.8, 4) is 5.75 Å². The lowest BCUT2D eigenvalue weighted by atomic mass is 9.87. The molecule has 2 bridgehead atoms. The molecular formula is C25H37NO4. The number of Topliss-reactive ketones (excluding diaryl/α,β-unsaturated/α-hetero) is 1. The van der Waals surface area contributed by atoms with Crippen LogP contribution in [0.2, 0.25) is 0 Å². The first kappa shape index (κ1) is 24.1. The van der Waals surface area contributed by atoms with Crippen molar-refractivity contribution in [2.75, 3.05) is 6.61 Å². The second-order valence-electron chi connectivity index (χ2n) is 9.34. The first-order chi connectivity index (χ1) is 14.3. The number of fused-ring (bicyclic) bond motifs is 15. The molecule has 1 aromatic rings. The van der Waals surface area contributed by atoms with Gasteiger partial charge in [-0.15, -0.1) is 0 Å². The molecule has 30 heavy (non-hydrogen) atoms. The van der Waals surface area contributed by atoms with Gasteiger partial charge < -0.3 is 14.8 Å². The topological polar surface area (TPSA) is 72.5 Å². The Balaban J connectivity index is 2.20. The maximum atomic E-state index is 13.0. The molecule has 0 aliphatic carbocycles. The van der Waals surface area contributed by atoms with Crippen LogP contribution in [0.15, 0.2) is 24.3 Å². The molecule has 166 valence electrons. The number of carbonyl (C=O) groups excluding carboxylic acids is 3. The van der Waals surface area contributed by atoms with Gasteiger partial charge in [-0.3, -0.25) is 9.59 Å². The third-order valence-electron chi connectivity index (χ3n) is 5.80. The van der Waals surface area contributed by atoms with E-state index >= 15 is 0 Å². The number of ether oxygens (including phenoxy) is 1. The van der Waals surface area contributed by atoms with Gasteiger partial charge in [-0.05, 0) is 61.6 Å². The summed E-state index contributed by atoms with van der Waals surface area (Å²) < 4.78 is 5.82. The second-order valence-corrected chi connectivity index (χ2v) is 9.34. The van der Waals surface area contributed by atoms with Crippen molar-refractivity contribution < 1.29 is 19.1 Å². The molecule has 4 atom stereocenters. The average molecular weight is 416 g/mol. The summed E-state index contributed by atoms with van der Waals surface area (Å²) in [6, 6.07) is 7.35. The quantitative estimate of drug-likeness (QED) is 0.744. The monoisotopic (exact) mass is 415 g/mol. The van der Waals surface area contributed by atoms with Gasteiger partial charge in [0.25, 0.3) is 0 Å². The molecule has 0 radical (unpaired) electrons. The standard InChI is InChI=1S/C25H37NO4/c1-17(2)12-23-24(28)15-21(16-27)13-18(3)6-5-11-30-22-9-7-20(8-10-22)14-19(4)25(29)26-23/h7-10,16-19,21,23H,5-6,11-15H2,1-4H3,(H,26,29)/t18?,19-,21+,23-/m0/s1. The minimum atomic E-state index is -0.535. The average Bonchev–Trinajstić information content (AvgIpc) is 2.70. The van der Waals surface area contributed by atoms with Crippen molar-refractivity contribution in [2.45, 2.75) is 72.3 Å². The third-order valence-corrected chi connectivity index (χ3v) is 5.80. The van der Waals surface area contributed by atoms with Crippen LogP contribution < -0.4 is 10.1 Å². The van der Waals surface area contributed by atoms with Crippen molar-refractivity contribution in [3.63, 3.8) is 0 Å². The van der Waals surface area contributed by atoms with Crippen molar-refractivity contribution >= 4 is 18.0 Å². The van der Waals surface area contributed by atoms with E-state index in [4.69, 9.17) is 4.74 Å². The minimum absolute atomic E-state index is 0.0395. The smallest absolute Gasteiger partial charge is 0.223 e. The van der Waals surface area contributed by atoms with E-state index in [1.165, 1.54) is 0 Å². The van der Waals surface area contributed by atoms with Gasteiger partial charge in [0.2, 0.25) is 5.91 Å². The normalized spacial score (nSPS) is 27.1. The van der Waals surface area contributed by atoms with Crippen LogP contribution in [0.3, 0.4) is 0 Å². The van der Waals surface area contributed by atoms with Crippen molar-refractivity contribution in [1.29, 1.82) is 0 Å².